The fourth-order valence-electron chi connectivity index (χ4n) is 2.02. The molecule has 23 heavy (non-hydrogen) atoms. The number of hydrogen-bond acceptors (Lipinski definition) is 4. The molecule has 2 N–H and O–H groups in total. The molecular formula is C16H14Cl2N4O. The van der Waals surface area contributed by atoms with Crippen molar-refractivity contribution in [3.05, 3.63) is 70.0 Å². The molecule has 0 fully saturated rings. The second-order valence-corrected chi connectivity index (χ2v) is 5.69. The minimum absolute atomic E-state index is 0.426. The average molecular weight is 349 g/mol. The fourth-order valence-corrected chi connectivity index (χ4v) is 2.34. The lowest BCUT2D eigenvalue weighted by Crippen LogP contribution is -2.02. The van der Waals surface area contributed by atoms with E-state index in [0.29, 0.717) is 29.1 Å². The van der Waals surface area contributed by atoms with E-state index in [9.17, 15) is 0 Å². The van der Waals surface area contributed by atoms with Gasteiger partial charge in [-0.2, -0.15) is 5.10 Å². The third-order valence-electron chi connectivity index (χ3n) is 3.16. The van der Waals surface area contributed by atoms with Gasteiger partial charge in [0.1, 0.15) is 18.7 Å². The van der Waals surface area contributed by atoms with Crippen LogP contribution in [0.2, 0.25) is 10.0 Å². The summed E-state index contributed by atoms with van der Waals surface area (Å²) >= 11 is 11.9. The normalized spacial score (nSPS) is 10.5. The highest BCUT2D eigenvalue weighted by Gasteiger charge is 2.02. The van der Waals surface area contributed by atoms with Crippen LogP contribution < -0.4 is 10.1 Å². The zero-order valence-corrected chi connectivity index (χ0v) is 13.6. The molecule has 5 nitrogen and oxygen atoms in total. The number of nitrogens with zero attached hydrogens (tertiary/aromatic N) is 2. The van der Waals surface area contributed by atoms with E-state index in [2.05, 4.69) is 20.5 Å². The SMILES string of the molecule is Clc1ccc(COc2cccc(CNc3ncn[nH]3)c2)cc1Cl. The molecule has 0 aliphatic heterocycles. The maximum absolute atomic E-state index is 6.00. The van der Waals surface area contributed by atoms with Crippen LogP contribution in [0.3, 0.4) is 0 Å². The van der Waals surface area contributed by atoms with Gasteiger partial charge in [0.2, 0.25) is 5.95 Å². The summed E-state index contributed by atoms with van der Waals surface area (Å²) < 4.78 is 5.80. The second-order valence-electron chi connectivity index (χ2n) is 4.87. The maximum atomic E-state index is 6.00. The summed E-state index contributed by atoms with van der Waals surface area (Å²) in [6, 6.07) is 13.3. The summed E-state index contributed by atoms with van der Waals surface area (Å²) in [6.45, 7) is 1.05. The van der Waals surface area contributed by atoms with E-state index in [0.717, 1.165) is 16.9 Å². The largest absolute Gasteiger partial charge is 0.489 e. The standard InChI is InChI=1S/C16H14Cl2N4O/c17-14-5-4-12(7-15(14)18)9-23-13-3-1-2-11(6-13)8-19-16-20-10-21-22-16/h1-7,10H,8-9H2,(H2,19,20,21,22). The molecule has 3 aromatic rings. The molecule has 0 bridgehead atoms. The van der Waals surface area contributed by atoms with E-state index in [1.807, 2.05) is 30.3 Å². The molecule has 0 spiro atoms. The van der Waals surface area contributed by atoms with Crippen LogP contribution in [0.5, 0.6) is 5.75 Å². The Hall–Kier alpha value is -2.24. The minimum Gasteiger partial charge on any atom is -0.489 e. The Labute approximate surface area is 143 Å². The molecule has 0 unspecified atom stereocenters. The lowest BCUT2D eigenvalue weighted by Gasteiger charge is -2.09. The van der Waals surface area contributed by atoms with Crippen molar-refractivity contribution in [3.63, 3.8) is 0 Å². The van der Waals surface area contributed by atoms with Crippen molar-refractivity contribution in [2.24, 2.45) is 0 Å². The first-order valence-electron chi connectivity index (χ1n) is 6.95. The van der Waals surface area contributed by atoms with E-state index in [4.69, 9.17) is 27.9 Å². The third-order valence-corrected chi connectivity index (χ3v) is 3.90. The zero-order chi connectivity index (χ0) is 16.1. The van der Waals surface area contributed by atoms with E-state index in [-0.39, 0.29) is 0 Å². The van der Waals surface area contributed by atoms with Gasteiger partial charge < -0.3 is 10.1 Å². The number of benzene rings is 2. The van der Waals surface area contributed by atoms with Crippen molar-refractivity contribution in [2.75, 3.05) is 5.32 Å². The molecule has 0 saturated carbocycles. The van der Waals surface area contributed by atoms with Gasteiger partial charge in [-0.05, 0) is 35.4 Å². The number of anilines is 1. The molecule has 0 aliphatic carbocycles. The van der Waals surface area contributed by atoms with Crippen molar-refractivity contribution in [1.29, 1.82) is 0 Å². The van der Waals surface area contributed by atoms with Gasteiger partial charge in [0.15, 0.2) is 0 Å². The summed E-state index contributed by atoms with van der Waals surface area (Å²) in [4.78, 5) is 4.01. The summed E-state index contributed by atoms with van der Waals surface area (Å²) in [5.74, 6) is 1.42. The van der Waals surface area contributed by atoms with Crippen LogP contribution in [0.25, 0.3) is 0 Å². The van der Waals surface area contributed by atoms with E-state index in [1.165, 1.54) is 6.33 Å². The summed E-state index contributed by atoms with van der Waals surface area (Å²) in [5, 5.41) is 10.7. The lowest BCUT2D eigenvalue weighted by atomic mass is 10.2. The van der Waals surface area contributed by atoms with Gasteiger partial charge in [-0.3, -0.25) is 0 Å². The van der Waals surface area contributed by atoms with Gasteiger partial charge in [0.05, 0.1) is 10.0 Å². The van der Waals surface area contributed by atoms with Crippen molar-refractivity contribution in [1.82, 2.24) is 15.2 Å². The molecule has 1 heterocycles. The first kappa shape index (κ1) is 15.6. The summed E-state index contributed by atoms with van der Waals surface area (Å²) in [6.07, 6.45) is 1.46. The number of hydrogen-bond donors (Lipinski definition) is 2. The number of H-pyrrole nitrogens is 1. The highest BCUT2D eigenvalue weighted by Crippen LogP contribution is 2.23. The van der Waals surface area contributed by atoms with Crippen LogP contribution in [0, 0.1) is 0 Å². The molecule has 118 valence electrons. The van der Waals surface area contributed by atoms with Gasteiger partial charge in [-0.25, -0.2) is 10.1 Å². The monoisotopic (exact) mass is 348 g/mol. The van der Waals surface area contributed by atoms with Gasteiger partial charge >= 0.3 is 0 Å². The topological polar surface area (TPSA) is 62.8 Å². The van der Waals surface area contributed by atoms with Gasteiger partial charge in [0, 0.05) is 6.54 Å². The Bertz CT molecular complexity index is 778. The predicted molar refractivity (Wildman–Crippen MR) is 90.9 cm³/mol. The molecule has 0 saturated heterocycles. The molecule has 7 heteroatoms. The van der Waals surface area contributed by atoms with Crippen LogP contribution in [0.1, 0.15) is 11.1 Å². The highest BCUT2D eigenvalue weighted by molar-refractivity contribution is 6.42. The number of aromatic amines is 1. The van der Waals surface area contributed by atoms with Crippen molar-refractivity contribution >= 4 is 29.2 Å². The smallest absolute Gasteiger partial charge is 0.218 e. The van der Waals surface area contributed by atoms with Crippen LogP contribution >= 0.6 is 23.2 Å². The fraction of sp³-hybridized carbons (Fsp3) is 0.125. The number of ether oxygens (including phenoxy) is 1. The lowest BCUT2D eigenvalue weighted by molar-refractivity contribution is 0.306. The Morgan fingerprint density at radius 2 is 1.96 bits per heavy atom. The molecule has 3 rings (SSSR count). The molecular weight excluding hydrogens is 335 g/mol. The molecule has 1 aromatic heterocycles. The van der Waals surface area contributed by atoms with Crippen LogP contribution in [-0.2, 0) is 13.2 Å². The average Bonchev–Trinajstić information content (AvgIpc) is 3.08. The molecule has 0 atom stereocenters. The Balaban J connectivity index is 1.59. The molecule has 0 amide bonds. The third kappa shape index (κ3) is 4.37. The van der Waals surface area contributed by atoms with Crippen molar-refractivity contribution in [2.45, 2.75) is 13.2 Å². The number of rotatable bonds is 6. The molecule has 2 aromatic carbocycles. The predicted octanol–water partition coefficient (Wildman–Crippen LogP) is 4.30. The van der Waals surface area contributed by atoms with Crippen LogP contribution in [-0.4, -0.2) is 15.2 Å². The highest BCUT2D eigenvalue weighted by atomic mass is 35.5. The second kappa shape index (κ2) is 7.35. The minimum atomic E-state index is 0.426. The van der Waals surface area contributed by atoms with E-state index in [1.54, 1.807) is 12.1 Å². The molecule has 0 radical (unpaired) electrons. The van der Waals surface area contributed by atoms with Crippen molar-refractivity contribution in [3.8, 4) is 5.75 Å². The first-order valence-corrected chi connectivity index (χ1v) is 7.71. The van der Waals surface area contributed by atoms with Crippen LogP contribution in [0.4, 0.5) is 5.95 Å². The van der Waals surface area contributed by atoms with E-state index >= 15 is 0 Å². The summed E-state index contributed by atoms with van der Waals surface area (Å²) in [5.41, 5.74) is 2.04. The maximum Gasteiger partial charge on any atom is 0.218 e. The zero-order valence-electron chi connectivity index (χ0n) is 12.1. The van der Waals surface area contributed by atoms with Crippen molar-refractivity contribution < 1.29 is 4.74 Å². The molecule has 0 aliphatic rings. The Morgan fingerprint density at radius 3 is 2.74 bits per heavy atom. The number of nitrogens with one attached hydrogen (secondary N) is 2. The Kier molecular flexibility index (Phi) is 5.00. The quantitative estimate of drug-likeness (QED) is 0.696. The van der Waals surface area contributed by atoms with Gasteiger partial charge in [0.25, 0.3) is 0 Å². The Morgan fingerprint density at radius 1 is 1.04 bits per heavy atom. The van der Waals surface area contributed by atoms with Gasteiger partial charge in [-0.1, -0.05) is 41.4 Å². The van der Waals surface area contributed by atoms with Crippen LogP contribution in [0.15, 0.2) is 48.8 Å². The number of halogens is 2. The van der Waals surface area contributed by atoms with E-state index < -0.39 is 0 Å². The summed E-state index contributed by atoms with van der Waals surface area (Å²) in [7, 11) is 0. The number of aromatic nitrogens is 3. The first-order chi connectivity index (χ1) is 11.2. The van der Waals surface area contributed by atoms with Gasteiger partial charge in [-0.15, -0.1) is 0 Å².